The van der Waals surface area contributed by atoms with Gasteiger partial charge in [-0.2, -0.15) is 0 Å². The smallest absolute Gasteiger partial charge is 0.222 e. The highest BCUT2D eigenvalue weighted by molar-refractivity contribution is 5.79. The van der Waals surface area contributed by atoms with Crippen LogP contribution in [0.5, 0.6) is 0 Å². The summed E-state index contributed by atoms with van der Waals surface area (Å²) in [7, 11) is 0. The van der Waals surface area contributed by atoms with Gasteiger partial charge in [0, 0.05) is 13.5 Å². The normalized spacial score (nSPS) is 12.9. The maximum Gasteiger partial charge on any atom is 0.222 e. The van der Waals surface area contributed by atoms with Gasteiger partial charge in [0.05, 0.1) is 12.5 Å². The van der Waals surface area contributed by atoms with E-state index in [0.717, 1.165) is 5.56 Å². The minimum atomic E-state index is -0.310. The van der Waals surface area contributed by atoms with Crippen LogP contribution in [0.4, 0.5) is 0 Å². The van der Waals surface area contributed by atoms with Crippen molar-refractivity contribution in [2.24, 2.45) is 0 Å². The van der Waals surface area contributed by atoms with E-state index < -0.39 is 0 Å². The van der Waals surface area contributed by atoms with Gasteiger partial charge in [-0.15, -0.1) is 0 Å². The van der Waals surface area contributed by atoms with E-state index in [2.05, 4.69) is 29.7 Å². The lowest BCUT2D eigenvalue weighted by Gasteiger charge is -2.19. The van der Waals surface area contributed by atoms with Crippen molar-refractivity contribution in [2.45, 2.75) is 32.2 Å². The number of rotatable bonds is 7. The molecule has 0 heterocycles. The zero-order chi connectivity index (χ0) is 17.4. The Kier molecular flexibility index (Phi) is 6.55. The number of nitrogens with one attached hydrogen (secondary N) is 2. The first-order valence-corrected chi connectivity index (χ1v) is 8.20. The van der Waals surface area contributed by atoms with Gasteiger partial charge in [0.15, 0.2) is 0 Å². The molecule has 2 N–H and O–H groups in total. The predicted molar refractivity (Wildman–Crippen MR) is 95.5 cm³/mol. The second-order valence-corrected chi connectivity index (χ2v) is 5.98. The fourth-order valence-electron chi connectivity index (χ4n) is 2.61. The summed E-state index contributed by atoms with van der Waals surface area (Å²) in [4.78, 5) is 23.7. The van der Waals surface area contributed by atoms with Gasteiger partial charge in [-0.1, -0.05) is 67.6 Å². The van der Waals surface area contributed by atoms with Crippen LogP contribution in [0.15, 0.2) is 60.7 Å². The predicted octanol–water partition coefficient (Wildman–Crippen LogP) is 3.17. The molecule has 2 aromatic rings. The number of hydrogen-bond donors (Lipinski definition) is 2. The first kappa shape index (κ1) is 17.7. The van der Waals surface area contributed by atoms with E-state index in [0.29, 0.717) is 6.54 Å². The maximum absolute atomic E-state index is 12.3. The molecule has 0 aromatic heterocycles. The standard InChI is InChI=1S/C20H24N2O2/c1-15(17-9-5-3-6-10-17)14-21-20(24)13-19(22-16(2)23)18-11-7-4-8-12-18/h3-12,15,19H,13-14H2,1-2H3,(H,21,24)(H,22,23)/t15-,19+/m0/s1. The largest absolute Gasteiger partial charge is 0.355 e. The van der Waals surface area contributed by atoms with Gasteiger partial charge in [0.2, 0.25) is 11.8 Å². The van der Waals surface area contributed by atoms with E-state index in [1.165, 1.54) is 12.5 Å². The molecule has 4 heteroatoms. The Morgan fingerprint density at radius 2 is 1.46 bits per heavy atom. The minimum Gasteiger partial charge on any atom is -0.355 e. The molecule has 0 unspecified atom stereocenters. The molecule has 2 aromatic carbocycles. The lowest BCUT2D eigenvalue weighted by Crippen LogP contribution is -2.34. The number of benzene rings is 2. The Hall–Kier alpha value is -2.62. The number of carbonyl (C=O) groups is 2. The lowest BCUT2D eigenvalue weighted by atomic mass is 10.0. The van der Waals surface area contributed by atoms with E-state index >= 15 is 0 Å². The first-order chi connectivity index (χ1) is 11.6. The Labute approximate surface area is 143 Å². The van der Waals surface area contributed by atoms with E-state index in [9.17, 15) is 9.59 Å². The van der Waals surface area contributed by atoms with E-state index in [-0.39, 0.29) is 30.2 Å². The Balaban J connectivity index is 1.92. The molecule has 0 spiro atoms. The molecule has 0 aliphatic rings. The van der Waals surface area contributed by atoms with E-state index in [4.69, 9.17) is 0 Å². The van der Waals surface area contributed by atoms with E-state index in [1.807, 2.05) is 48.5 Å². The summed E-state index contributed by atoms with van der Waals surface area (Å²) in [6.07, 6.45) is 0.227. The summed E-state index contributed by atoms with van der Waals surface area (Å²) in [5.41, 5.74) is 2.12. The van der Waals surface area contributed by atoms with Gasteiger partial charge in [-0.3, -0.25) is 9.59 Å². The Bertz CT molecular complexity index is 656. The van der Waals surface area contributed by atoms with Gasteiger partial charge in [0.1, 0.15) is 0 Å². The number of amides is 2. The second kappa shape index (κ2) is 8.87. The van der Waals surface area contributed by atoms with Crippen LogP contribution in [0.25, 0.3) is 0 Å². The molecule has 126 valence electrons. The van der Waals surface area contributed by atoms with Crippen molar-refractivity contribution < 1.29 is 9.59 Å². The monoisotopic (exact) mass is 324 g/mol. The van der Waals surface area contributed by atoms with Crippen LogP contribution in [0.2, 0.25) is 0 Å². The summed E-state index contributed by atoms with van der Waals surface area (Å²) in [6.45, 7) is 4.12. The van der Waals surface area contributed by atoms with Crippen molar-refractivity contribution in [1.29, 1.82) is 0 Å². The lowest BCUT2D eigenvalue weighted by molar-refractivity contribution is -0.122. The van der Waals surface area contributed by atoms with Crippen LogP contribution in [-0.2, 0) is 9.59 Å². The van der Waals surface area contributed by atoms with Crippen LogP contribution in [0.3, 0.4) is 0 Å². The van der Waals surface area contributed by atoms with E-state index in [1.54, 1.807) is 0 Å². The van der Waals surface area contributed by atoms with Crippen LogP contribution in [-0.4, -0.2) is 18.4 Å². The third kappa shape index (κ3) is 5.54. The molecule has 0 bridgehead atoms. The highest BCUT2D eigenvalue weighted by atomic mass is 16.2. The average Bonchev–Trinajstić information content (AvgIpc) is 2.60. The van der Waals surface area contributed by atoms with Gasteiger partial charge < -0.3 is 10.6 Å². The summed E-state index contributed by atoms with van der Waals surface area (Å²) < 4.78 is 0. The van der Waals surface area contributed by atoms with Crippen LogP contribution in [0, 0.1) is 0 Å². The molecule has 0 fully saturated rings. The SMILES string of the molecule is CC(=O)N[C@H](CC(=O)NC[C@H](C)c1ccccc1)c1ccccc1. The molecule has 0 saturated heterocycles. The molecule has 0 aliphatic heterocycles. The van der Waals surface area contributed by atoms with Gasteiger partial charge in [0.25, 0.3) is 0 Å². The van der Waals surface area contributed by atoms with Crippen LogP contribution >= 0.6 is 0 Å². The van der Waals surface area contributed by atoms with Gasteiger partial charge in [-0.25, -0.2) is 0 Å². The van der Waals surface area contributed by atoms with Gasteiger partial charge in [-0.05, 0) is 17.0 Å². The highest BCUT2D eigenvalue weighted by Gasteiger charge is 2.17. The van der Waals surface area contributed by atoms with Gasteiger partial charge >= 0.3 is 0 Å². The fourth-order valence-corrected chi connectivity index (χ4v) is 2.61. The topological polar surface area (TPSA) is 58.2 Å². The van der Waals surface area contributed by atoms with Crippen molar-refractivity contribution in [3.05, 3.63) is 71.8 Å². The summed E-state index contributed by atoms with van der Waals surface area (Å²) in [5, 5.41) is 5.81. The van der Waals surface area contributed by atoms with Crippen molar-refractivity contribution in [3.8, 4) is 0 Å². The molecule has 24 heavy (non-hydrogen) atoms. The maximum atomic E-state index is 12.3. The number of carbonyl (C=O) groups excluding carboxylic acids is 2. The molecule has 0 radical (unpaired) electrons. The third-order valence-electron chi connectivity index (χ3n) is 3.94. The first-order valence-electron chi connectivity index (χ1n) is 8.20. The van der Waals surface area contributed by atoms with Crippen molar-refractivity contribution >= 4 is 11.8 Å². The number of hydrogen-bond acceptors (Lipinski definition) is 2. The summed E-state index contributed by atoms with van der Waals surface area (Å²) in [6, 6.07) is 19.3. The molecular formula is C20H24N2O2. The summed E-state index contributed by atoms with van der Waals surface area (Å²) in [5.74, 6) is 0.0285. The molecule has 2 amide bonds. The third-order valence-corrected chi connectivity index (χ3v) is 3.94. The zero-order valence-electron chi connectivity index (χ0n) is 14.2. The molecular weight excluding hydrogens is 300 g/mol. The molecule has 2 rings (SSSR count). The quantitative estimate of drug-likeness (QED) is 0.822. The Morgan fingerprint density at radius 1 is 0.917 bits per heavy atom. The second-order valence-electron chi connectivity index (χ2n) is 5.98. The summed E-state index contributed by atoms with van der Waals surface area (Å²) >= 11 is 0. The van der Waals surface area contributed by atoms with Crippen LogP contribution < -0.4 is 10.6 Å². The van der Waals surface area contributed by atoms with Crippen molar-refractivity contribution in [1.82, 2.24) is 10.6 Å². The van der Waals surface area contributed by atoms with Crippen LogP contribution in [0.1, 0.15) is 43.4 Å². The molecule has 0 aliphatic carbocycles. The Morgan fingerprint density at radius 3 is 2.00 bits per heavy atom. The average molecular weight is 324 g/mol. The highest BCUT2D eigenvalue weighted by Crippen LogP contribution is 2.17. The molecule has 0 saturated carbocycles. The molecule has 2 atom stereocenters. The fraction of sp³-hybridized carbons (Fsp3) is 0.300. The van der Waals surface area contributed by atoms with Crippen molar-refractivity contribution in [3.63, 3.8) is 0 Å². The molecule has 4 nitrogen and oxygen atoms in total. The zero-order valence-corrected chi connectivity index (χ0v) is 14.2. The van der Waals surface area contributed by atoms with Crippen molar-refractivity contribution in [2.75, 3.05) is 6.54 Å². The minimum absolute atomic E-state index is 0.0691.